The fourth-order valence-corrected chi connectivity index (χ4v) is 2.01. The summed E-state index contributed by atoms with van der Waals surface area (Å²) >= 11 is 11.7. The number of benzene rings is 1. The summed E-state index contributed by atoms with van der Waals surface area (Å²) in [5.74, 6) is -0.565. The first-order valence-corrected chi connectivity index (χ1v) is 6.01. The van der Waals surface area contributed by atoms with Gasteiger partial charge in [0.05, 0.1) is 12.7 Å². The molecule has 2 rings (SSSR count). The standard InChI is InChI=1S/C13H9Cl2NO3/c1-19-11-3-2-8(14)5-9(11)7-4-10(13(17)18)12(15)16-6-7/h2-6H,1H3,(H,17,18). The van der Waals surface area contributed by atoms with Crippen LogP contribution in [0.25, 0.3) is 11.1 Å². The van der Waals surface area contributed by atoms with E-state index in [4.69, 9.17) is 33.0 Å². The van der Waals surface area contributed by atoms with Crippen LogP contribution in [0.4, 0.5) is 0 Å². The van der Waals surface area contributed by atoms with Crippen molar-refractivity contribution in [3.8, 4) is 16.9 Å². The summed E-state index contributed by atoms with van der Waals surface area (Å²) in [4.78, 5) is 14.9. The fraction of sp³-hybridized carbons (Fsp3) is 0.0769. The number of hydrogen-bond acceptors (Lipinski definition) is 3. The minimum atomic E-state index is -1.14. The molecule has 0 spiro atoms. The monoisotopic (exact) mass is 297 g/mol. The Labute approximate surface area is 119 Å². The van der Waals surface area contributed by atoms with Gasteiger partial charge in [0.25, 0.3) is 0 Å². The van der Waals surface area contributed by atoms with Gasteiger partial charge in [0.2, 0.25) is 0 Å². The lowest BCUT2D eigenvalue weighted by Crippen LogP contribution is -2.00. The van der Waals surface area contributed by atoms with Gasteiger partial charge in [-0.05, 0) is 24.3 Å². The van der Waals surface area contributed by atoms with E-state index < -0.39 is 5.97 Å². The van der Waals surface area contributed by atoms with Crippen LogP contribution in [-0.2, 0) is 0 Å². The minimum Gasteiger partial charge on any atom is -0.496 e. The van der Waals surface area contributed by atoms with Crippen LogP contribution in [0.3, 0.4) is 0 Å². The summed E-state index contributed by atoms with van der Waals surface area (Å²) in [6, 6.07) is 6.50. The predicted octanol–water partition coefficient (Wildman–Crippen LogP) is 3.76. The quantitative estimate of drug-likeness (QED) is 0.876. The van der Waals surface area contributed by atoms with Gasteiger partial charge in [-0.1, -0.05) is 23.2 Å². The van der Waals surface area contributed by atoms with Crippen LogP contribution in [0.5, 0.6) is 5.75 Å². The van der Waals surface area contributed by atoms with Gasteiger partial charge in [-0.15, -0.1) is 0 Å². The van der Waals surface area contributed by atoms with E-state index >= 15 is 0 Å². The number of ether oxygens (including phenoxy) is 1. The molecular formula is C13H9Cl2NO3. The maximum atomic E-state index is 11.0. The lowest BCUT2D eigenvalue weighted by molar-refractivity contribution is 0.0696. The smallest absolute Gasteiger partial charge is 0.338 e. The van der Waals surface area contributed by atoms with Gasteiger partial charge >= 0.3 is 5.97 Å². The Morgan fingerprint density at radius 3 is 2.68 bits per heavy atom. The van der Waals surface area contributed by atoms with Crippen molar-refractivity contribution in [3.05, 3.63) is 46.2 Å². The Morgan fingerprint density at radius 1 is 1.32 bits per heavy atom. The summed E-state index contributed by atoms with van der Waals surface area (Å²) in [7, 11) is 1.52. The van der Waals surface area contributed by atoms with E-state index in [1.54, 1.807) is 18.2 Å². The SMILES string of the molecule is COc1ccc(Cl)cc1-c1cnc(Cl)c(C(=O)O)c1. The van der Waals surface area contributed by atoms with Crippen LogP contribution in [0.15, 0.2) is 30.5 Å². The number of halogens is 2. The molecule has 0 amide bonds. The number of carboxylic acid groups (broad SMARTS) is 1. The van der Waals surface area contributed by atoms with Crippen LogP contribution in [0.2, 0.25) is 10.2 Å². The number of carbonyl (C=O) groups is 1. The summed E-state index contributed by atoms with van der Waals surface area (Å²) in [5.41, 5.74) is 1.16. The molecule has 0 aliphatic carbocycles. The predicted molar refractivity (Wildman–Crippen MR) is 73.2 cm³/mol. The van der Waals surface area contributed by atoms with Crippen molar-refractivity contribution in [3.63, 3.8) is 0 Å². The molecule has 19 heavy (non-hydrogen) atoms. The number of rotatable bonds is 3. The number of aromatic carboxylic acids is 1. The molecule has 0 saturated heterocycles. The second-order valence-corrected chi connectivity index (χ2v) is 4.51. The molecule has 0 radical (unpaired) electrons. The molecule has 1 N–H and O–H groups in total. The summed E-state index contributed by atoms with van der Waals surface area (Å²) in [5, 5.41) is 9.49. The average Bonchev–Trinajstić information content (AvgIpc) is 2.39. The number of aromatic nitrogens is 1. The van der Waals surface area contributed by atoms with E-state index in [0.717, 1.165) is 0 Å². The Bertz CT molecular complexity index is 644. The highest BCUT2D eigenvalue weighted by Crippen LogP contribution is 2.33. The maximum absolute atomic E-state index is 11.0. The highest BCUT2D eigenvalue weighted by Gasteiger charge is 2.14. The average molecular weight is 298 g/mol. The van der Waals surface area contributed by atoms with Crippen molar-refractivity contribution in [2.45, 2.75) is 0 Å². The topological polar surface area (TPSA) is 59.4 Å². The van der Waals surface area contributed by atoms with E-state index in [0.29, 0.717) is 21.9 Å². The largest absolute Gasteiger partial charge is 0.496 e. The molecule has 1 aromatic carbocycles. The second kappa shape index (κ2) is 5.47. The van der Waals surface area contributed by atoms with Gasteiger partial charge in [0.1, 0.15) is 10.9 Å². The van der Waals surface area contributed by atoms with Gasteiger partial charge in [-0.3, -0.25) is 0 Å². The van der Waals surface area contributed by atoms with Crippen LogP contribution in [0.1, 0.15) is 10.4 Å². The van der Waals surface area contributed by atoms with Crippen LogP contribution in [-0.4, -0.2) is 23.2 Å². The molecule has 0 atom stereocenters. The summed E-state index contributed by atoms with van der Waals surface area (Å²) < 4.78 is 5.22. The van der Waals surface area contributed by atoms with Crippen molar-refractivity contribution in [2.24, 2.45) is 0 Å². The van der Waals surface area contributed by atoms with Crippen molar-refractivity contribution >= 4 is 29.2 Å². The van der Waals surface area contributed by atoms with Crippen molar-refractivity contribution in [1.29, 1.82) is 0 Å². The Balaban J connectivity index is 2.62. The zero-order chi connectivity index (χ0) is 14.0. The number of methoxy groups -OCH3 is 1. The fourth-order valence-electron chi connectivity index (χ4n) is 1.65. The Morgan fingerprint density at radius 2 is 2.05 bits per heavy atom. The third-order valence-electron chi connectivity index (χ3n) is 2.54. The molecule has 0 bridgehead atoms. The first-order chi connectivity index (χ1) is 9.02. The molecule has 0 saturated carbocycles. The molecule has 98 valence electrons. The molecule has 0 unspecified atom stereocenters. The first kappa shape index (κ1) is 13.6. The van der Waals surface area contributed by atoms with Gasteiger partial charge in [-0.2, -0.15) is 0 Å². The Hall–Kier alpha value is -1.78. The number of carboxylic acids is 1. The minimum absolute atomic E-state index is 0.0581. The van der Waals surface area contributed by atoms with Crippen molar-refractivity contribution < 1.29 is 14.6 Å². The molecule has 4 nitrogen and oxygen atoms in total. The van der Waals surface area contributed by atoms with Crippen LogP contribution >= 0.6 is 23.2 Å². The highest BCUT2D eigenvalue weighted by molar-refractivity contribution is 6.32. The summed E-state index contributed by atoms with van der Waals surface area (Å²) in [6.45, 7) is 0. The number of hydrogen-bond donors (Lipinski definition) is 1. The van der Waals surface area contributed by atoms with Gasteiger partial charge in [-0.25, -0.2) is 9.78 Å². The molecule has 1 heterocycles. The van der Waals surface area contributed by atoms with Gasteiger partial charge in [0, 0.05) is 22.3 Å². The van der Waals surface area contributed by atoms with E-state index in [-0.39, 0.29) is 10.7 Å². The van der Waals surface area contributed by atoms with E-state index in [2.05, 4.69) is 4.98 Å². The van der Waals surface area contributed by atoms with Crippen molar-refractivity contribution in [2.75, 3.05) is 7.11 Å². The molecule has 6 heteroatoms. The highest BCUT2D eigenvalue weighted by atomic mass is 35.5. The van der Waals surface area contributed by atoms with Gasteiger partial charge < -0.3 is 9.84 Å². The number of nitrogens with zero attached hydrogens (tertiary/aromatic N) is 1. The third-order valence-corrected chi connectivity index (χ3v) is 3.08. The van der Waals surface area contributed by atoms with Crippen LogP contribution in [0, 0.1) is 0 Å². The maximum Gasteiger partial charge on any atom is 0.338 e. The lowest BCUT2D eigenvalue weighted by atomic mass is 10.0. The second-order valence-electron chi connectivity index (χ2n) is 3.71. The van der Waals surface area contributed by atoms with Crippen LogP contribution < -0.4 is 4.74 Å². The molecular weight excluding hydrogens is 289 g/mol. The lowest BCUT2D eigenvalue weighted by Gasteiger charge is -2.09. The summed E-state index contributed by atoms with van der Waals surface area (Å²) in [6.07, 6.45) is 1.48. The molecule has 0 aliphatic heterocycles. The zero-order valence-corrected chi connectivity index (χ0v) is 11.4. The Kier molecular flexibility index (Phi) is 3.93. The normalized spacial score (nSPS) is 10.3. The first-order valence-electron chi connectivity index (χ1n) is 5.25. The van der Waals surface area contributed by atoms with E-state index in [1.807, 2.05) is 0 Å². The molecule has 2 aromatic rings. The number of pyridine rings is 1. The van der Waals surface area contributed by atoms with Crippen molar-refractivity contribution in [1.82, 2.24) is 4.98 Å². The van der Waals surface area contributed by atoms with E-state index in [1.165, 1.54) is 19.4 Å². The molecule has 1 aromatic heterocycles. The van der Waals surface area contributed by atoms with E-state index in [9.17, 15) is 4.79 Å². The zero-order valence-electron chi connectivity index (χ0n) is 9.85. The molecule has 0 fully saturated rings. The third kappa shape index (κ3) is 2.80. The van der Waals surface area contributed by atoms with Gasteiger partial charge in [0.15, 0.2) is 0 Å². The molecule has 0 aliphatic rings.